The van der Waals surface area contributed by atoms with Crippen molar-refractivity contribution in [2.24, 2.45) is 0 Å². The minimum absolute atomic E-state index is 0.125. The standard InChI is InChI=1S/C28H25N5O5/c1-3-31(4-2)19-13-9-17(10-14-19)24-23(25(34)18-11-15-20(16-12-18)33(37)38)26(35)27(36)32(24)28-29-21-7-5-6-8-22(21)30-28/h5-16,24,34H,3-4H2,1-2H3,(H,29,30)/b25-23+. The Kier molecular flexibility index (Phi) is 6.38. The lowest BCUT2D eigenvalue weighted by molar-refractivity contribution is -0.384. The van der Waals surface area contributed by atoms with Crippen LogP contribution in [0.4, 0.5) is 17.3 Å². The van der Waals surface area contributed by atoms with Crippen molar-refractivity contribution in [2.45, 2.75) is 19.9 Å². The fourth-order valence-electron chi connectivity index (χ4n) is 4.77. The van der Waals surface area contributed by atoms with Crippen molar-refractivity contribution in [3.63, 3.8) is 0 Å². The summed E-state index contributed by atoms with van der Waals surface area (Å²) in [4.78, 5) is 48.4. The first kappa shape index (κ1) is 24.7. The van der Waals surface area contributed by atoms with E-state index in [4.69, 9.17) is 0 Å². The lowest BCUT2D eigenvalue weighted by Crippen LogP contribution is -2.30. The first-order chi connectivity index (χ1) is 18.3. The number of aliphatic hydroxyl groups is 1. The van der Waals surface area contributed by atoms with E-state index in [9.17, 15) is 24.8 Å². The fraction of sp³-hybridized carbons (Fsp3) is 0.179. The van der Waals surface area contributed by atoms with E-state index in [-0.39, 0.29) is 22.8 Å². The number of hydrogen-bond donors (Lipinski definition) is 2. The van der Waals surface area contributed by atoms with Crippen LogP contribution in [0.2, 0.25) is 0 Å². The van der Waals surface area contributed by atoms with Gasteiger partial charge in [0.25, 0.3) is 11.5 Å². The first-order valence-corrected chi connectivity index (χ1v) is 12.2. The van der Waals surface area contributed by atoms with Crippen LogP contribution in [-0.2, 0) is 9.59 Å². The maximum atomic E-state index is 13.4. The maximum absolute atomic E-state index is 13.4. The van der Waals surface area contributed by atoms with E-state index in [1.54, 1.807) is 6.07 Å². The smallest absolute Gasteiger partial charge is 0.302 e. The van der Waals surface area contributed by atoms with Gasteiger partial charge in [-0.1, -0.05) is 24.3 Å². The third-order valence-electron chi connectivity index (χ3n) is 6.74. The van der Waals surface area contributed by atoms with E-state index in [2.05, 4.69) is 28.7 Å². The van der Waals surface area contributed by atoms with E-state index >= 15 is 0 Å². The quantitative estimate of drug-likeness (QED) is 0.118. The average molecular weight is 512 g/mol. The summed E-state index contributed by atoms with van der Waals surface area (Å²) in [7, 11) is 0. The molecule has 0 saturated carbocycles. The Morgan fingerprint density at radius 1 is 1.03 bits per heavy atom. The predicted octanol–water partition coefficient (Wildman–Crippen LogP) is 4.94. The van der Waals surface area contributed by atoms with Crippen molar-refractivity contribution in [1.82, 2.24) is 9.97 Å². The zero-order valence-electron chi connectivity index (χ0n) is 20.8. The van der Waals surface area contributed by atoms with Crippen LogP contribution in [-0.4, -0.2) is 44.8 Å². The molecule has 1 unspecified atom stereocenters. The number of ketones is 1. The average Bonchev–Trinajstić information content (AvgIpc) is 3.47. The van der Waals surface area contributed by atoms with Gasteiger partial charge in [0.05, 0.1) is 27.6 Å². The van der Waals surface area contributed by atoms with Crippen LogP contribution in [0, 0.1) is 10.1 Å². The zero-order chi connectivity index (χ0) is 27.0. The molecule has 1 amide bonds. The number of anilines is 2. The van der Waals surface area contributed by atoms with E-state index in [0.717, 1.165) is 18.8 Å². The largest absolute Gasteiger partial charge is 0.507 e. The van der Waals surface area contributed by atoms with Crippen molar-refractivity contribution in [2.75, 3.05) is 22.9 Å². The summed E-state index contributed by atoms with van der Waals surface area (Å²) in [6.45, 7) is 5.73. The van der Waals surface area contributed by atoms with Gasteiger partial charge in [-0.25, -0.2) is 4.98 Å². The Morgan fingerprint density at radius 3 is 2.29 bits per heavy atom. The number of H-pyrrole nitrogens is 1. The van der Waals surface area contributed by atoms with Crippen molar-refractivity contribution in [3.05, 3.63) is 99.6 Å². The first-order valence-electron chi connectivity index (χ1n) is 12.2. The fourth-order valence-corrected chi connectivity index (χ4v) is 4.77. The second kappa shape index (κ2) is 9.81. The third kappa shape index (κ3) is 4.15. The summed E-state index contributed by atoms with van der Waals surface area (Å²) in [6, 6.07) is 18.9. The number of carbonyl (C=O) groups excluding carboxylic acids is 2. The molecule has 0 aliphatic carbocycles. The highest BCUT2D eigenvalue weighted by Gasteiger charge is 2.48. The highest BCUT2D eigenvalue weighted by atomic mass is 16.6. The maximum Gasteiger partial charge on any atom is 0.302 e. The van der Waals surface area contributed by atoms with Gasteiger partial charge in [0.2, 0.25) is 5.95 Å². The Bertz CT molecular complexity index is 1540. The Hall–Kier alpha value is -4.99. The number of fused-ring (bicyclic) bond motifs is 1. The molecule has 2 heterocycles. The molecule has 1 aliphatic rings. The second-order valence-electron chi connectivity index (χ2n) is 8.81. The molecular weight excluding hydrogens is 486 g/mol. The van der Waals surface area contributed by atoms with Crippen molar-refractivity contribution in [1.29, 1.82) is 0 Å². The molecule has 3 aromatic carbocycles. The minimum atomic E-state index is -0.975. The number of nitrogens with one attached hydrogen (secondary N) is 1. The molecule has 5 rings (SSSR count). The van der Waals surface area contributed by atoms with Crippen LogP contribution in [0.5, 0.6) is 0 Å². The van der Waals surface area contributed by atoms with Gasteiger partial charge in [0, 0.05) is 36.5 Å². The molecule has 0 spiro atoms. The zero-order valence-corrected chi connectivity index (χ0v) is 20.8. The van der Waals surface area contributed by atoms with Gasteiger partial charge < -0.3 is 15.0 Å². The second-order valence-corrected chi connectivity index (χ2v) is 8.81. The number of amides is 1. The van der Waals surface area contributed by atoms with Crippen molar-refractivity contribution >= 4 is 45.8 Å². The van der Waals surface area contributed by atoms with Gasteiger partial charge in [0.1, 0.15) is 5.76 Å². The van der Waals surface area contributed by atoms with Gasteiger partial charge >= 0.3 is 5.91 Å². The molecule has 192 valence electrons. The molecule has 1 aromatic heterocycles. The number of non-ortho nitro benzene ring substituents is 1. The molecule has 38 heavy (non-hydrogen) atoms. The van der Waals surface area contributed by atoms with Crippen molar-refractivity contribution < 1.29 is 19.6 Å². The van der Waals surface area contributed by atoms with Crippen molar-refractivity contribution in [3.8, 4) is 0 Å². The summed E-state index contributed by atoms with van der Waals surface area (Å²) in [5.41, 5.74) is 2.79. The molecule has 1 atom stereocenters. The van der Waals surface area contributed by atoms with Crippen LogP contribution >= 0.6 is 0 Å². The molecule has 1 aliphatic heterocycles. The van der Waals surface area contributed by atoms with E-state index < -0.39 is 28.4 Å². The summed E-state index contributed by atoms with van der Waals surface area (Å²) in [5.74, 6) is -1.96. The molecule has 10 heteroatoms. The number of nitro benzene ring substituents is 1. The summed E-state index contributed by atoms with van der Waals surface area (Å²) in [6.07, 6.45) is 0. The lowest BCUT2D eigenvalue weighted by atomic mass is 9.95. The minimum Gasteiger partial charge on any atom is -0.507 e. The number of hydrogen-bond acceptors (Lipinski definition) is 7. The third-order valence-corrected chi connectivity index (χ3v) is 6.74. The van der Waals surface area contributed by atoms with Gasteiger partial charge in [-0.2, -0.15) is 0 Å². The monoisotopic (exact) mass is 511 g/mol. The molecule has 10 nitrogen and oxygen atoms in total. The van der Waals surface area contributed by atoms with Gasteiger partial charge in [-0.3, -0.25) is 24.6 Å². The Balaban J connectivity index is 1.67. The molecule has 1 saturated heterocycles. The molecule has 4 aromatic rings. The molecular formula is C28H25N5O5. The van der Waals surface area contributed by atoms with Gasteiger partial charge in [0.15, 0.2) is 0 Å². The number of rotatable bonds is 7. The number of Topliss-reactive ketones (excluding diaryl/α,β-unsaturated/α-hetero) is 1. The number of aromatic amines is 1. The predicted molar refractivity (Wildman–Crippen MR) is 144 cm³/mol. The molecule has 0 radical (unpaired) electrons. The van der Waals surface area contributed by atoms with Gasteiger partial charge in [-0.05, 0) is 55.8 Å². The highest BCUT2D eigenvalue weighted by molar-refractivity contribution is 6.51. The summed E-state index contributed by atoms with van der Waals surface area (Å²) in [5, 5.41) is 22.3. The molecule has 0 bridgehead atoms. The lowest BCUT2D eigenvalue weighted by Gasteiger charge is -2.25. The molecule has 2 N–H and O–H groups in total. The van der Waals surface area contributed by atoms with Gasteiger partial charge in [-0.15, -0.1) is 0 Å². The highest BCUT2D eigenvalue weighted by Crippen LogP contribution is 2.42. The number of benzene rings is 3. The number of carbonyl (C=O) groups is 2. The normalized spacial score (nSPS) is 16.8. The van der Waals surface area contributed by atoms with Crippen LogP contribution in [0.3, 0.4) is 0 Å². The number of aromatic nitrogens is 2. The summed E-state index contributed by atoms with van der Waals surface area (Å²) < 4.78 is 0. The van der Waals surface area contributed by atoms with Crippen LogP contribution in [0.15, 0.2) is 78.4 Å². The Labute approximate surface area is 218 Å². The summed E-state index contributed by atoms with van der Waals surface area (Å²) >= 11 is 0. The molecule has 1 fully saturated rings. The number of aliphatic hydroxyl groups excluding tert-OH is 1. The van der Waals surface area contributed by atoms with E-state index in [1.807, 2.05) is 42.5 Å². The van der Waals surface area contributed by atoms with Crippen LogP contribution < -0.4 is 9.80 Å². The van der Waals surface area contributed by atoms with Crippen LogP contribution in [0.1, 0.15) is 31.0 Å². The SMILES string of the molecule is CCN(CC)c1ccc(C2/C(=C(\O)c3ccc([N+](=O)[O-])cc3)C(=O)C(=O)N2c2nc3ccccc3[nH]2)cc1. The van der Waals surface area contributed by atoms with E-state index in [0.29, 0.717) is 16.6 Å². The van der Waals surface area contributed by atoms with Crippen LogP contribution in [0.25, 0.3) is 16.8 Å². The van der Waals surface area contributed by atoms with E-state index in [1.165, 1.54) is 29.2 Å². The topological polar surface area (TPSA) is 133 Å². The number of nitrogens with zero attached hydrogens (tertiary/aromatic N) is 4. The Morgan fingerprint density at radius 2 is 1.68 bits per heavy atom. The number of para-hydroxylation sites is 2. The number of imidazole rings is 1. The number of nitro groups is 1.